The molecule has 152 valence electrons. The fourth-order valence-corrected chi connectivity index (χ4v) is 5.74. The number of para-hydroxylation sites is 1. The van der Waals surface area contributed by atoms with Gasteiger partial charge < -0.3 is 15.3 Å². The summed E-state index contributed by atoms with van der Waals surface area (Å²) in [5.74, 6) is 0.778. The minimum atomic E-state index is -0.123. The van der Waals surface area contributed by atoms with E-state index in [-0.39, 0.29) is 23.2 Å². The van der Waals surface area contributed by atoms with Gasteiger partial charge in [-0.25, -0.2) is 0 Å². The van der Waals surface area contributed by atoms with Crippen molar-refractivity contribution in [1.29, 1.82) is 0 Å². The van der Waals surface area contributed by atoms with Crippen molar-refractivity contribution in [2.75, 3.05) is 5.32 Å². The minimum absolute atomic E-state index is 0.0892. The number of phenols is 1. The van der Waals surface area contributed by atoms with Crippen LogP contribution in [0.25, 0.3) is 6.08 Å². The van der Waals surface area contributed by atoms with Crippen LogP contribution in [0, 0.1) is 5.92 Å². The SMILES string of the molecule is C[C@H]1CCCC[C@H]1N1C(=O)/C(=C/c2ccc(O)c(Br)c2)SC1Nc1ccccc1. The summed E-state index contributed by atoms with van der Waals surface area (Å²) in [7, 11) is 0. The molecule has 2 aliphatic rings. The number of phenolic OH excluding ortho intramolecular Hbond substituents is 1. The van der Waals surface area contributed by atoms with E-state index in [9.17, 15) is 9.90 Å². The van der Waals surface area contributed by atoms with E-state index in [4.69, 9.17) is 0 Å². The maximum atomic E-state index is 13.4. The standard InChI is InChI=1S/C23H25BrN2O2S/c1-15-7-5-6-10-19(15)26-22(28)21(14-16-11-12-20(27)18(24)13-16)29-23(26)25-17-8-3-2-4-9-17/h2-4,8-9,11-15,19,23,25,27H,5-7,10H2,1H3/b21-14-/t15-,19+,23?/m0/s1. The number of carbonyl (C=O) groups excluding carboxylic acids is 1. The second kappa shape index (κ2) is 8.84. The Kier molecular flexibility index (Phi) is 6.20. The molecule has 1 amide bonds. The molecule has 4 rings (SSSR count). The lowest BCUT2D eigenvalue weighted by Gasteiger charge is -2.39. The average Bonchev–Trinajstić information content (AvgIpc) is 3.01. The molecule has 1 saturated heterocycles. The Morgan fingerprint density at radius 2 is 1.93 bits per heavy atom. The van der Waals surface area contributed by atoms with Crippen LogP contribution in [0.15, 0.2) is 57.9 Å². The third kappa shape index (κ3) is 4.48. The highest BCUT2D eigenvalue weighted by Gasteiger charge is 2.42. The normalized spacial score (nSPS) is 26.1. The lowest BCUT2D eigenvalue weighted by molar-refractivity contribution is -0.129. The molecule has 29 heavy (non-hydrogen) atoms. The molecule has 0 bridgehead atoms. The Labute approximate surface area is 184 Å². The molecule has 4 nitrogen and oxygen atoms in total. The van der Waals surface area contributed by atoms with E-state index in [0.717, 1.165) is 22.6 Å². The molecule has 0 radical (unpaired) electrons. The smallest absolute Gasteiger partial charge is 0.262 e. The number of aromatic hydroxyl groups is 1. The molecule has 2 N–H and O–H groups in total. The molecular weight excluding hydrogens is 448 g/mol. The van der Waals surface area contributed by atoms with Crippen LogP contribution < -0.4 is 5.32 Å². The summed E-state index contributed by atoms with van der Waals surface area (Å²) in [6.45, 7) is 2.26. The van der Waals surface area contributed by atoms with E-state index in [0.29, 0.717) is 10.4 Å². The van der Waals surface area contributed by atoms with Gasteiger partial charge in [0.15, 0.2) is 5.50 Å². The lowest BCUT2D eigenvalue weighted by Crippen LogP contribution is -2.48. The first-order chi connectivity index (χ1) is 14.0. The summed E-state index contributed by atoms with van der Waals surface area (Å²) in [6, 6.07) is 15.6. The number of hydrogen-bond acceptors (Lipinski definition) is 4. The van der Waals surface area contributed by atoms with Crippen LogP contribution >= 0.6 is 27.7 Å². The second-order valence-corrected chi connectivity index (χ2v) is 9.72. The Morgan fingerprint density at radius 1 is 1.17 bits per heavy atom. The van der Waals surface area contributed by atoms with Crippen molar-refractivity contribution in [3.8, 4) is 5.75 Å². The Morgan fingerprint density at radius 3 is 2.66 bits per heavy atom. The number of benzene rings is 2. The summed E-state index contributed by atoms with van der Waals surface area (Å²) < 4.78 is 0.624. The summed E-state index contributed by atoms with van der Waals surface area (Å²) in [5.41, 5.74) is 1.78. The van der Waals surface area contributed by atoms with Crippen LogP contribution in [0.3, 0.4) is 0 Å². The van der Waals surface area contributed by atoms with Crippen molar-refractivity contribution in [3.63, 3.8) is 0 Å². The quantitative estimate of drug-likeness (QED) is 0.532. The van der Waals surface area contributed by atoms with E-state index >= 15 is 0 Å². The van der Waals surface area contributed by atoms with Gasteiger partial charge >= 0.3 is 0 Å². The van der Waals surface area contributed by atoms with E-state index < -0.39 is 0 Å². The number of carbonyl (C=O) groups is 1. The van der Waals surface area contributed by atoms with Gasteiger partial charge in [0.05, 0.1) is 9.38 Å². The molecule has 3 atom stereocenters. The number of halogens is 1. The van der Waals surface area contributed by atoms with Gasteiger partial charge in [-0.15, -0.1) is 0 Å². The highest BCUT2D eigenvalue weighted by molar-refractivity contribution is 9.10. The van der Waals surface area contributed by atoms with Gasteiger partial charge in [0, 0.05) is 11.7 Å². The molecule has 1 saturated carbocycles. The van der Waals surface area contributed by atoms with Gasteiger partial charge in [-0.1, -0.05) is 55.8 Å². The fraction of sp³-hybridized carbons (Fsp3) is 0.348. The largest absolute Gasteiger partial charge is 0.507 e. The summed E-state index contributed by atoms with van der Waals surface area (Å²) >= 11 is 4.93. The molecule has 6 heteroatoms. The molecule has 1 heterocycles. The maximum absolute atomic E-state index is 13.4. The van der Waals surface area contributed by atoms with Crippen LogP contribution in [-0.4, -0.2) is 27.5 Å². The molecule has 1 aliphatic heterocycles. The number of nitrogens with one attached hydrogen (secondary N) is 1. The first kappa shape index (κ1) is 20.4. The Balaban J connectivity index is 1.65. The molecule has 1 aliphatic carbocycles. The van der Waals surface area contributed by atoms with E-state index in [1.54, 1.807) is 17.8 Å². The highest BCUT2D eigenvalue weighted by Crippen LogP contribution is 2.42. The zero-order valence-corrected chi connectivity index (χ0v) is 18.7. The van der Waals surface area contributed by atoms with Crippen molar-refractivity contribution in [2.24, 2.45) is 5.92 Å². The van der Waals surface area contributed by atoms with Crippen molar-refractivity contribution >= 4 is 45.4 Å². The molecule has 2 fully saturated rings. The van der Waals surface area contributed by atoms with Crippen molar-refractivity contribution in [3.05, 3.63) is 63.5 Å². The molecule has 1 unspecified atom stereocenters. The van der Waals surface area contributed by atoms with Crippen LogP contribution in [0.2, 0.25) is 0 Å². The van der Waals surface area contributed by atoms with Crippen LogP contribution in [0.1, 0.15) is 38.2 Å². The van der Waals surface area contributed by atoms with E-state index in [2.05, 4.69) is 33.1 Å². The predicted molar refractivity (Wildman–Crippen MR) is 123 cm³/mol. The van der Waals surface area contributed by atoms with E-state index in [1.165, 1.54) is 19.3 Å². The zero-order chi connectivity index (χ0) is 20.4. The molecule has 2 aromatic rings. The lowest BCUT2D eigenvalue weighted by atomic mass is 9.85. The number of nitrogens with zero attached hydrogens (tertiary/aromatic N) is 1. The third-order valence-corrected chi connectivity index (χ3v) is 7.44. The molecule has 0 aromatic heterocycles. The summed E-state index contributed by atoms with van der Waals surface area (Å²) in [5, 5.41) is 13.3. The van der Waals surface area contributed by atoms with Crippen LogP contribution in [0.4, 0.5) is 5.69 Å². The summed E-state index contributed by atoms with van der Waals surface area (Å²) in [6.07, 6.45) is 6.56. The number of thioether (sulfide) groups is 1. The number of anilines is 1. The second-order valence-electron chi connectivity index (χ2n) is 7.74. The maximum Gasteiger partial charge on any atom is 0.262 e. The van der Waals surface area contributed by atoms with Gasteiger partial charge in [-0.05, 0) is 70.6 Å². The number of rotatable bonds is 4. The minimum Gasteiger partial charge on any atom is -0.507 e. The first-order valence-electron chi connectivity index (χ1n) is 10.0. The molecule has 2 aromatic carbocycles. The van der Waals surface area contributed by atoms with Gasteiger partial charge in [-0.2, -0.15) is 0 Å². The zero-order valence-electron chi connectivity index (χ0n) is 16.3. The topological polar surface area (TPSA) is 52.6 Å². The van der Waals surface area contributed by atoms with Crippen molar-refractivity contribution < 1.29 is 9.90 Å². The fourth-order valence-electron chi connectivity index (χ4n) is 4.13. The Bertz CT molecular complexity index is 918. The van der Waals surface area contributed by atoms with Crippen molar-refractivity contribution in [2.45, 2.75) is 44.1 Å². The predicted octanol–water partition coefficient (Wildman–Crippen LogP) is 6.05. The van der Waals surface area contributed by atoms with Gasteiger partial charge in [0.1, 0.15) is 5.75 Å². The average molecular weight is 473 g/mol. The van der Waals surface area contributed by atoms with Gasteiger partial charge in [0.2, 0.25) is 0 Å². The van der Waals surface area contributed by atoms with Crippen LogP contribution in [-0.2, 0) is 4.79 Å². The van der Waals surface area contributed by atoms with Crippen molar-refractivity contribution in [1.82, 2.24) is 4.90 Å². The monoisotopic (exact) mass is 472 g/mol. The first-order valence-corrected chi connectivity index (χ1v) is 11.7. The van der Waals surface area contributed by atoms with E-state index in [1.807, 2.05) is 48.5 Å². The van der Waals surface area contributed by atoms with Gasteiger partial charge in [-0.3, -0.25) is 4.79 Å². The molecular formula is C23H25BrN2O2S. The molecule has 0 spiro atoms. The van der Waals surface area contributed by atoms with Gasteiger partial charge in [0.25, 0.3) is 5.91 Å². The third-order valence-electron chi connectivity index (χ3n) is 5.69. The van der Waals surface area contributed by atoms with Crippen LogP contribution in [0.5, 0.6) is 5.75 Å². The highest BCUT2D eigenvalue weighted by atomic mass is 79.9. The Hall–Kier alpha value is -1.92. The summed E-state index contributed by atoms with van der Waals surface area (Å²) in [4.78, 5) is 16.2. The number of hydrogen-bond donors (Lipinski definition) is 2. The number of amides is 1.